The van der Waals surface area contributed by atoms with Crippen molar-refractivity contribution in [3.63, 3.8) is 0 Å². The molecule has 1 aliphatic carbocycles. The minimum absolute atomic E-state index is 0.0569. The second-order valence-electron chi connectivity index (χ2n) is 6.56. The predicted octanol–water partition coefficient (Wildman–Crippen LogP) is 2.75. The first-order valence-corrected chi connectivity index (χ1v) is 8.37. The lowest BCUT2D eigenvalue weighted by Crippen LogP contribution is -2.37. The first-order valence-electron chi connectivity index (χ1n) is 8.37. The van der Waals surface area contributed by atoms with E-state index in [0.29, 0.717) is 24.8 Å². The van der Waals surface area contributed by atoms with Crippen molar-refractivity contribution >= 4 is 11.7 Å². The first kappa shape index (κ1) is 15.0. The monoisotopic (exact) mass is 323 g/mol. The molecule has 5 nitrogen and oxygen atoms in total. The molecule has 1 aliphatic heterocycles. The minimum atomic E-state index is 0.0569. The third-order valence-corrected chi connectivity index (χ3v) is 4.85. The van der Waals surface area contributed by atoms with Crippen molar-refractivity contribution in [2.75, 3.05) is 19.4 Å². The van der Waals surface area contributed by atoms with E-state index in [1.807, 2.05) is 35.2 Å². The second-order valence-corrected chi connectivity index (χ2v) is 6.56. The molecule has 2 aliphatic rings. The van der Waals surface area contributed by atoms with Gasteiger partial charge < -0.3 is 15.4 Å². The molecule has 1 fully saturated rings. The highest BCUT2D eigenvalue weighted by Crippen LogP contribution is 2.43. The van der Waals surface area contributed by atoms with E-state index in [0.717, 1.165) is 47.4 Å². The van der Waals surface area contributed by atoms with Crippen LogP contribution in [0.15, 0.2) is 30.3 Å². The molecule has 0 radical (unpaired) electrons. The molecule has 2 aromatic rings. The molecule has 5 heteroatoms. The third kappa shape index (κ3) is 2.70. The lowest BCUT2D eigenvalue weighted by Gasteiger charge is -2.29. The Balaban J connectivity index is 1.57. The van der Waals surface area contributed by atoms with Crippen molar-refractivity contribution in [1.29, 1.82) is 0 Å². The summed E-state index contributed by atoms with van der Waals surface area (Å²) in [5.41, 5.74) is 9.78. The highest BCUT2D eigenvalue weighted by molar-refractivity contribution is 5.96. The molecular weight excluding hydrogens is 302 g/mol. The average Bonchev–Trinajstić information content (AvgIpc) is 3.43. The quantitative estimate of drug-likeness (QED) is 0.939. The van der Waals surface area contributed by atoms with E-state index >= 15 is 0 Å². The lowest BCUT2D eigenvalue weighted by atomic mass is 10.00. The van der Waals surface area contributed by atoms with Crippen LogP contribution in [0.25, 0.3) is 0 Å². The third-order valence-electron chi connectivity index (χ3n) is 4.85. The van der Waals surface area contributed by atoms with Crippen LogP contribution < -0.4 is 10.5 Å². The molecule has 0 atom stereocenters. The summed E-state index contributed by atoms with van der Waals surface area (Å²) in [7, 11) is 1.65. The van der Waals surface area contributed by atoms with Crippen molar-refractivity contribution in [2.24, 2.45) is 0 Å². The van der Waals surface area contributed by atoms with Crippen LogP contribution in [0.3, 0.4) is 0 Å². The Kier molecular flexibility index (Phi) is 3.63. The van der Waals surface area contributed by atoms with E-state index in [9.17, 15) is 4.79 Å². The van der Waals surface area contributed by atoms with E-state index < -0.39 is 0 Å². The number of carbonyl (C=O) groups excluding carboxylic acids is 1. The van der Waals surface area contributed by atoms with E-state index in [4.69, 9.17) is 10.5 Å². The summed E-state index contributed by atoms with van der Waals surface area (Å²) in [4.78, 5) is 19.3. The maximum Gasteiger partial charge on any atom is 0.256 e. The van der Waals surface area contributed by atoms with Crippen LogP contribution in [-0.2, 0) is 13.0 Å². The lowest BCUT2D eigenvalue weighted by molar-refractivity contribution is 0.0725. The van der Waals surface area contributed by atoms with Crippen molar-refractivity contribution in [1.82, 2.24) is 9.88 Å². The molecule has 1 saturated carbocycles. The van der Waals surface area contributed by atoms with Crippen LogP contribution in [0.1, 0.15) is 45.9 Å². The van der Waals surface area contributed by atoms with Gasteiger partial charge in [-0.1, -0.05) is 12.1 Å². The average molecular weight is 323 g/mol. The van der Waals surface area contributed by atoms with E-state index in [1.54, 1.807) is 7.11 Å². The molecule has 4 rings (SSSR count). The molecule has 1 aromatic carbocycles. The Morgan fingerprint density at radius 1 is 1.29 bits per heavy atom. The van der Waals surface area contributed by atoms with Crippen molar-refractivity contribution in [3.05, 3.63) is 52.7 Å². The summed E-state index contributed by atoms with van der Waals surface area (Å²) in [6, 6.07) is 9.82. The summed E-state index contributed by atoms with van der Waals surface area (Å²) < 4.78 is 5.18. The zero-order chi connectivity index (χ0) is 16.7. The Bertz CT molecular complexity index is 782. The zero-order valence-electron chi connectivity index (χ0n) is 13.8. The number of amides is 1. The molecule has 2 N–H and O–H groups in total. The van der Waals surface area contributed by atoms with Gasteiger partial charge in [-0.3, -0.25) is 4.79 Å². The van der Waals surface area contributed by atoms with Crippen molar-refractivity contribution < 1.29 is 9.53 Å². The Morgan fingerprint density at radius 2 is 2.04 bits per heavy atom. The number of anilines is 1. The van der Waals surface area contributed by atoms with E-state index in [-0.39, 0.29) is 5.91 Å². The van der Waals surface area contributed by atoms with Gasteiger partial charge in [0.15, 0.2) is 0 Å². The molecule has 24 heavy (non-hydrogen) atoms. The number of hydrogen-bond acceptors (Lipinski definition) is 4. The second kappa shape index (κ2) is 5.82. The number of rotatable bonds is 4. The maximum atomic E-state index is 12.9. The van der Waals surface area contributed by atoms with Gasteiger partial charge >= 0.3 is 0 Å². The number of nitrogens with zero attached hydrogens (tertiary/aromatic N) is 2. The van der Waals surface area contributed by atoms with Crippen molar-refractivity contribution in [2.45, 2.75) is 31.7 Å². The topological polar surface area (TPSA) is 68.4 Å². The smallest absolute Gasteiger partial charge is 0.256 e. The zero-order valence-corrected chi connectivity index (χ0v) is 13.8. The summed E-state index contributed by atoms with van der Waals surface area (Å²) >= 11 is 0. The number of nitrogens with two attached hydrogens (primary N) is 1. The SMILES string of the molecule is COc1ccc(CN2CCc3nc(N)c(C4CC4)cc3C2=O)cc1. The van der Waals surface area contributed by atoms with Gasteiger partial charge in [0.1, 0.15) is 11.6 Å². The largest absolute Gasteiger partial charge is 0.497 e. The van der Waals surface area contributed by atoms with Gasteiger partial charge in [-0.25, -0.2) is 4.98 Å². The molecule has 1 aromatic heterocycles. The number of benzene rings is 1. The number of carbonyl (C=O) groups is 1. The molecule has 0 bridgehead atoms. The van der Waals surface area contributed by atoms with Crippen LogP contribution in [-0.4, -0.2) is 29.4 Å². The fourth-order valence-corrected chi connectivity index (χ4v) is 3.29. The van der Waals surface area contributed by atoms with Crippen molar-refractivity contribution in [3.8, 4) is 5.75 Å². The Morgan fingerprint density at radius 3 is 2.71 bits per heavy atom. The Hall–Kier alpha value is -2.56. The first-order chi connectivity index (χ1) is 11.7. The van der Waals surface area contributed by atoms with Crippen LogP contribution in [0.2, 0.25) is 0 Å². The fraction of sp³-hybridized carbons (Fsp3) is 0.368. The van der Waals surface area contributed by atoms with E-state index in [2.05, 4.69) is 4.98 Å². The highest BCUT2D eigenvalue weighted by Gasteiger charge is 2.31. The van der Waals surface area contributed by atoms with Crippen LogP contribution in [0, 0.1) is 0 Å². The highest BCUT2D eigenvalue weighted by atomic mass is 16.5. The van der Waals surface area contributed by atoms with Crippen LogP contribution in [0.4, 0.5) is 5.82 Å². The Labute approximate surface area is 141 Å². The molecule has 2 heterocycles. The van der Waals surface area contributed by atoms with Gasteiger partial charge in [0.05, 0.1) is 18.4 Å². The molecule has 0 spiro atoms. The molecule has 0 saturated heterocycles. The molecule has 1 amide bonds. The summed E-state index contributed by atoms with van der Waals surface area (Å²) in [6.07, 6.45) is 3.05. The number of methoxy groups -OCH3 is 1. The number of fused-ring (bicyclic) bond motifs is 1. The summed E-state index contributed by atoms with van der Waals surface area (Å²) in [6.45, 7) is 1.28. The summed E-state index contributed by atoms with van der Waals surface area (Å²) in [5, 5.41) is 0. The molecular formula is C19H21N3O2. The number of hydrogen-bond donors (Lipinski definition) is 1. The van der Waals surface area contributed by atoms with Gasteiger partial charge in [0.2, 0.25) is 0 Å². The van der Waals surface area contributed by atoms with Gasteiger partial charge in [0.25, 0.3) is 5.91 Å². The van der Waals surface area contributed by atoms with Gasteiger partial charge in [-0.2, -0.15) is 0 Å². The maximum absolute atomic E-state index is 12.9. The predicted molar refractivity (Wildman–Crippen MR) is 92.1 cm³/mol. The number of nitrogen functional groups attached to an aromatic ring is 1. The van der Waals surface area contributed by atoms with Crippen LogP contribution in [0.5, 0.6) is 5.75 Å². The number of ether oxygens (including phenoxy) is 1. The van der Waals surface area contributed by atoms with Gasteiger partial charge in [0, 0.05) is 19.5 Å². The molecule has 0 unspecified atom stereocenters. The minimum Gasteiger partial charge on any atom is -0.497 e. The number of aromatic nitrogens is 1. The molecule has 124 valence electrons. The van der Waals surface area contributed by atoms with E-state index in [1.165, 1.54) is 0 Å². The standard InChI is InChI=1S/C19H21N3O2/c1-24-14-6-2-12(3-7-14)11-22-9-8-17-16(19(22)23)10-15(13-4-5-13)18(20)21-17/h2-3,6-7,10,13H,4-5,8-9,11H2,1H3,(H2,20,21). The normalized spacial score (nSPS) is 16.9. The fourth-order valence-electron chi connectivity index (χ4n) is 3.29. The van der Waals surface area contributed by atoms with Gasteiger partial charge in [-0.05, 0) is 48.1 Å². The van der Waals surface area contributed by atoms with Crippen LogP contribution >= 0.6 is 0 Å². The number of pyridine rings is 1. The summed E-state index contributed by atoms with van der Waals surface area (Å²) in [5.74, 6) is 1.98. The van der Waals surface area contributed by atoms with Gasteiger partial charge in [-0.15, -0.1) is 0 Å².